The average molecular weight is 257 g/mol. The quantitative estimate of drug-likeness (QED) is 0.840. The maximum absolute atomic E-state index is 12.5. The SMILES string of the molecule is Cc1nsc(SC(CCN)C(F)(F)F)n1. The van der Waals surface area contributed by atoms with Crippen molar-refractivity contribution >= 4 is 23.3 Å². The molecule has 1 unspecified atom stereocenters. The fraction of sp³-hybridized carbons (Fsp3) is 0.714. The summed E-state index contributed by atoms with van der Waals surface area (Å²) in [6.45, 7) is 1.65. The van der Waals surface area contributed by atoms with E-state index in [9.17, 15) is 13.2 Å². The van der Waals surface area contributed by atoms with Crippen molar-refractivity contribution in [1.82, 2.24) is 9.36 Å². The monoisotopic (exact) mass is 257 g/mol. The van der Waals surface area contributed by atoms with Crippen molar-refractivity contribution in [2.75, 3.05) is 6.54 Å². The number of hydrogen-bond donors (Lipinski definition) is 1. The van der Waals surface area contributed by atoms with Crippen LogP contribution in [-0.4, -0.2) is 27.3 Å². The Morgan fingerprint density at radius 1 is 1.53 bits per heavy atom. The molecule has 1 aromatic heterocycles. The summed E-state index contributed by atoms with van der Waals surface area (Å²) in [5.74, 6) is 0.496. The Labute approximate surface area is 93.4 Å². The molecule has 3 nitrogen and oxygen atoms in total. The summed E-state index contributed by atoms with van der Waals surface area (Å²) in [7, 11) is 0. The van der Waals surface area contributed by atoms with Crippen LogP contribution < -0.4 is 5.73 Å². The molecule has 0 radical (unpaired) electrons. The highest BCUT2D eigenvalue weighted by molar-refractivity contribution is 8.01. The first-order valence-electron chi connectivity index (χ1n) is 4.17. The Hall–Kier alpha value is -0.340. The van der Waals surface area contributed by atoms with Crippen molar-refractivity contribution in [1.29, 1.82) is 0 Å². The first kappa shape index (κ1) is 12.7. The second-order valence-electron chi connectivity index (χ2n) is 2.83. The lowest BCUT2D eigenvalue weighted by molar-refractivity contribution is -0.129. The van der Waals surface area contributed by atoms with E-state index in [0.29, 0.717) is 21.9 Å². The molecule has 0 aliphatic heterocycles. The normalized spacial score (nSPS) is 14.2. The van der Waals surface area contributed by atoms with Crippen LogP contribution in [-0.2, 0) is 0 Å². The molecule has 2 N–H and O–H groups in total. The van der Waals surface area contributed by atoms with Gasteiger partial charge in [-0.2, -0.15) is 17.5 Å². The zero-order chi connectivity index (χ0) is 11.5. The standard InChI is InChI=1S/C7H10F3N3S2/c1-4-12-6(15-13-4)14-5(2-3-11)7(8,9)10/h5H,2-3,11H2,1H3. The lowest BCUT2D eigenvalue weighted by Gasteiger charge is -2.17. The average Bonchev–Trinajstić information content (AvgIpc) is 2.49. The topological polar surface area (TPSA) is 51.8 Å². The van der Waals surface area contributed by atoms with Gasteiger partial charge in [0, 0.05) is 0 Å². The first-order chi connectivity index (χ1) is 6.93. The summed E-state index contributed by atoms with van der Waals surface area (Å²) in [6.07, 6.45) is -4.35. The van der Waals surface area contributed by atoms with E-state index >= 15 is 0 Å². The van der Waals surface area contributed by atoms with Gasteiger partial charge in [-0.1, -0.05) is 11.8 Å². The molecule has 0 spiro atoms. The van der Waals surface area contributed by atoms with Gasteiger partial charge in [-0.05, 0) is 31.4 Å². The van der Waals surface area contributed by atoms with Gasteiger partial charge in [-0.3, -0.25) is 0 Å². The second-order valence-corrected chi connectivity index (χ2v) is 5.03. The molecule has 15 heavy (non-hydrogen) atoms. The molecule has 1 aromatic rings. The van der Waals surface area contributed by atoms with Gasteiger partial charge < -0.3 is 5.73 Å². The van der Waals surface area contributed by atoms with E-state index in [1.54, 1.807) is 6.92 Å². The van der Waals surface area contributed by atoms with E-state index < -0.39 is 11.4 Å². The molecule has 0 aromatic carbocycles. The molecular weight excluding hydrogens is 247 g/mol. The summed E-state index contributed by atoms with van der Waals surface area (Å²) in [5, 5.41) is -1.49. The molecule has 1 atom stereocenters. The van der Waals surface area contributed by atoms with Gasteiger partial charge in [-0.25, -0.2) is 4.98 Å². The minimum Gasteiger partial charge on any atom is -0.330 e. The van der Waals surface area contributed by atoms with Crippen LogP contribution in [0.5, 0.6) is 0 Å². The molecular formula is C7H10F3N3S2. The number of rotatable bonds is 4. The van der Waals surface area contributed by atoms with Crippen LogP contribution in [0.3, 0.4) is 0 Å². The van der Waals surface area contributed by atoms with Crippen molar-refractivity contribution in [2.24, 2.45) is 5.73 Å². The van der Waals surface area contributed by atoms with E-state index in [0.717, 1.165) is 11.5 Å². The van der Waals surface area contributed by atoms with Crippen molar-refractivity contribution < 1.29 is 13.2 Å². The van der Waals surface area contributed by atoms with Crippen LogP contribution >= 0.6 is 23.3 Å². The summed E-state index contributed by atoms with van der Waals surface area (Å²) in [4.78, 5) is 3.88. The van der Waals surface area contributed by atoms with Gasteiger partial charge in [0.05, 0.1) is 0 Å². The van der Waals surface area contributed by atoms with Crippen LogP contribution in [0.25, 0.3) is 0 Å². The first-order valence-corrected chi connectivity index (χ1v) is 5.82. The third-order valence-electron chi connectivity index (χ3n) is 1.55. The van der Waals surface area contributed by atoms with Crippen LogP contribution in [0.2, 0.25) is 0 Å². The molecule has 0 bridgehead atoms. The molecule has 1 rings (SSSR count). The molecule has 0 fully saturated rings. The highest BCUT2D eigenvalue weighted by Gasteiger charge is 2.40. The molecule has 0 saturated carbocycles. The molecule has 8 heteroatoms. The fourth-order valence-corrected chi connectivity index (χ4v) is 2.76. The highest BCUT2D eigenvalue weighted by atomic mass is 32.2. The second kappa shape index (κ2) is 5.13. The Balaban J connectivity index is 2.66. The van der Waals surface area contributed by atoms with Gasteiger partial charge in [-0.15, -0.1) is 0 Å². The highest BCUT2D eigenvalue weighted by Crippen LogP contribution is 2.37. The van der Waals surface area contributed by atoms with Gasteiger partial charge in [0.25, 0.3) is 0 Å². The minimum atomic E-state index is -4.25. The number of nitrogens with zero attached hydrogens (tertiary/aromatic N) is 2. The predicted octanol–water partition coefficient (Wildman–Crippen LogP) is 2.22. The van der Waals surface area contributed by atoms with Crippen LogP contribution in [0.1, 0.15) is 12.2 Å². The predicted molar refractivity (Wildman–Crippen MR) is 54.0 cm³/mol. The Morgan fingerprint density at radius 3 is 2.60 bits per heavy atom. The zero-order valence-electron chi connectivity index (χ0n) is 7.91. The van der Waals surface area contributed by atoms with Crippen LogP contribution in [0.4, 0.5) is 13.2 Å². The number of aryl methyl sites for hydroxylation is 1. The number of aromatic nitrogens is 2. The summed E-state index contributed by atoms with van der Waals surface area (Å²) in [5.41, 5.74) is 5.14. The van der Waals surface area contributed by atoms with Crippen molar-refractivity contribution in [3.8, 4) is 0 Å². The third-order valence-corrected chi connectivity index (χ3v) is 3.74. The molecule has 0 aliphatic rings. The van der Waals surface area contributed by atoms with Gasteiger partial charge >= 0.3 is 6.18 Å². The van der Waals surface area contributed by atoms with Crippen molar-refractivity contribution in [3.05, 3.63) is 5.82 Å². The molecule has 0 aliphatic carbocycles. The van der Waals surface area contributed by atoms with Gasteiger partial charge in [0.15, 0.2) is 4.34 Å². The van der Waals surface area contributed by atoms with Gasteiger partial charge in [0.2, 0.25) is 0 Å². The number of halogens is 3. The largest absolute Gasteiger partial charge is 0.401 e. The molecule has 1 heterocycles. The summed E-state index contributed by atoms with van der Waals surface area (Å²) in [6, 6.07) is 0. The summed E-state index contributed by atoms with van der Waals surface area (Å²) < 4.78 is 41.6. The minimum absolute atomic E-state index is 0.00889. The lowest BCUT2D eigenvalue weighted by atomic mass is 10.3. The van der Waals surface area contributed by atoms with E-state index in [1.807, 2.05) is 0 Å². The smallest absolute Gasteiger partial charge is 0.330 e. The van der Waals surface area contributed by atoms with Gasteiger partial charge in [0.1, 0.15) is 11.1 Å². The number of nitrogens with two attached hydrogens (primary N) is 1. The molecule has 86 valence electrons. The maximum Gasteiger partial charge on any atom is 0.401 e. The van der Waals surface area contributed by atoms with E-state index in [1.165, 1.54) is 0 Å². The zero-order valence-corrected chi connectivity index (χ0v) is 9.55. The molecule has 0 amide bonds. The number of hydrogen-bond acceptors (Lipinski definition) is 5. The Morgan fingerprint density at radius 2 is 2.20 bits per heavy atom. The van der Waals surface area contributed by atoms with Crippen LogP contribution in [0, 0.1) is 6.92 Å². The van der Waals surface area contributed by atoms with Crippen molar-refractivity contribution in [3.63, 3.8) is 0 Å². The maximum atomic E-state index is 12.5. The molecule has 0 saturated heterocycles. The van der Waals surface area contributed by atoms with E-state index in [-0.39, 0.29) is 13.0 Å². The van der Waals surface area contributed by atoms with E-state index in [2.05, 4.69) is 9.36 Å². The lowest BCUT2D eigenvalue weighted by Crippen LogP contribution is -2.28. The van der Waals surface area contributed by atoms with E-state index in [4.69, 9.17) is 5.73 Å². The summed E-state index contributed by atoms with van der Waals surface area (Å²) >= 11 is 1.66. The number of thioether (sulfide) groups is 1. The van der Waals surface area contributed by atoms with Crippen molar-refractivity contribution in [2.45, 2.75) is 29.1 Å². The number of alkyl halides is 3. The third kappa shape index (κ3) is 3.96. The fourth-order valence-electron chi connectivity index (χ4n) is 0.888. The Kier molecular flexibility index (Phi) is 4.35. The van der Waals surface area contributed by atoms with Crippen LogP contribution in [0.15, 0.2) is 4.34 Å². The Bertz CT molecular complexity index is 313.